The summed E-state index contributed by atoms with van der Waals surface area (Å²) in [6, 6.07) is -0.528. The van der Waals surface area contributed by atoms with Crippen molar-refractivity contribution in [3.05, 3.63) is 0 Å². The number of urea groups is 1. The monoisotopic (exact) mass is 271 g/mol. The second-order valence-corrected chi connectivity index (χ2v) is 5.42. The SMILES string of the molecule is CNC(=O)NC(=O)C(C)OC1(CN)CCCC(C)C1. The van der Waals surface area contributed by atoms with E-state index in [2.05, 4.69) is 17.6 Å². The van der Waals surface area contributed by atoms with Crippen LogP contribution in [0.1, 0.15) is 39.5 Å². The Labute approximate surface area is 114 Å². The average Bonchev–Trinajstić information content (AvgIpc) is 2.38. The Balaban J connectivity index is 2.59. The summed E-state index contributed by atoms with van der Waals surface area (Å²) in [4.78, 5) is 22.9. The van der Waals surface area contributed by atoms with Crippen molar-refractivity contribution in [1.82, 2.24) is 10.6 Å². The van der Waals surface area contributed by atoms with E-state index in [1.54, 1.807) is 6.92 Å². The highest BCUT2D eigenvalue weighted by molar-refractivity contribution is 5.96. The van der Waals surface area contributed by atoms with E-state index in [1.165, 1.54) is 13.5 Å². The fourth-order valence-electron chi connectivity index (χ4n) is 2.66. The zero-order valence-corrected chi connectivity index (χ0v) is 12.0. The Bertz CT molecular complexity index is 335. The summed E-state index contributed by atoms with van der Waals surface area (Å²) >= 11 is 0. The van der Waals surface area contributed by atoms with Crippen LogP contribution in [0.25, 0.3) is 0 Å². The van der Waals surface area contributed by atoms with Crippen molar-refractivity contribution in [3.63, 3.8) is 0 Å². The van der Waals surface area contributed by atoms with Crippen LogP contribution in [0, 0.1) is 5.92 Å². The van der Waals surface area contributed by atoms with Crippen LogP contribution in [-0.4, -0.2) is 37.2 Å². The highest BCUT2D eigenvalue weighted by Crippen LogP contribution is 2.35. The molecule has 0 aromatic heterocycles. The van der Waals surface area contributed by atoms with E-state index >= 15 is 0 Å². The summed E-state index contributed by atoms with van der Waals surface area (Å²) < 4.78 is 5.89. The van der Waals surface area contributed by atoms with Gasteiger partial charge in [-0.25, -0.2) is 4.79 Å². The fourth-order valence-corrected chi connectivity index (χ4v) is 2.66. The molecule has 19 heavy (non-hydrogen) atoms. The van der Waals surface area contributed by atoms with Crippen LogP contribution in [0.5, 0.6) is 0 Å². The van der Waals surface area contributed by atoms with E-state index in [9.17, 15) is 9.59 Å². The van der Waals surface area contributed by atoms with Crippen molar-refractivity contribution < 1.29 is 14.3 Å². The predicted molar refractivity (Wildman–Crippen MR) is 72.6 cm³/mol. The minimum atomic E-state index is -0.689. The molecule has 3 unspecified atom stereocenters. The van der Waals surface area contributed by atoms with Gasteiger partial charge in [0.1, 0.15) is 6.10 Å². The van der Waals surface area contributed by atoms with Crippen LogP contribution < -0.4 is 16.4 Å². The highest BCUT2D eigenvalue weighted by atomic mass is 16.5. The molecule has 1 rings (SSSR count). The van der Waals surface area contributed by atoms with Gasteiger partial charge in [-0.2, -0.15) is 0 Å². The molecule has 110 valence electrons. The van der Waals surface area contributed by atoms with Crippen LogP contribution >= 0.6 is 0 Å². The molecule has 0 spiro atoms. The molecule has 4 N–H and O–H groups in total. The number of nitrogens with one attached hydrogen (secondary N) is 2. The Morgan fingerprint density at radius 1 is 1.53 bits per heavy atom. The lowest BCUT2D eigenvalue weighted by Crippen LogP contribution is -2.51. The van der Waals surface area contributed by atoms with Crippen LogP contribution in [0.3, 0.4) is 0 Å². The number of amides is 3. The van der Waals surface area contributed by atoms with Gasteiger partial charge in [0, 0.05) is 13.6 Å². The zero-order valence-electron chi connectivity index (χ0n) is 12.0. The van der Waals surface area contributed by atoms with Gasteiger partial charge in [0.05, 0.1) is 5.60 Å². The van der Waals surface area contributed by atoms with Crippen molar-refractivity contribution in [2.45, 2.75) is 51.2 Å². The van der Waals surface area contributed by atoms with Crippen molar-refractivity contribution in [2.24, 2.45) is 11.7 Å². The van der Waals surface area contributed by atoms with E-state index in [-0.39, 0.29) is 0 Å². The molecule has 0 aliphatic heterocycles. The van der Waals surface area contributed by atoms with Crippen LogP contribution in [0.4, 0.5) is 4.79 Å². The number of ether oxygens (including phenoxy) is 1. The summed E-state index contributed by atoms with van der Waals surface area (Å²) in [7, 11) is 1.46. The third kappa shape index (κ3) is 4.47. The zero-order chi connectivity index (χ0) is 14.5. The lowest BCUT2D eigenvalue weighted by atomic mass is 9.78. The maximum Gasteiger partial charge on any atom is 0.321 e. The Hall–Kier alpha value is -1.14. The number of hydrogen-bond donors (Lipinski definition) is 3. The predicted octanol–water partition coefficient (Wildman–Crippen LogP) is 0.755. The van der Waals surface area contributed by atoms with Gasteiger partial charge in [0.15, 0.2) is 0 Å². The van der Waals surface area contributed by atoms with E-state index in [0.29, 0.717) is 12.5 Å². The third-order valence-electron chi connectivity index (χ3n) is 3.68. The molecule has 3 atom stereocenters. The molecule has 1 saturated carbocycles. The second kappa shape index (κ2) is 6.86. The van der Waals surface area contributed by atoms with Gasteiger partial charge in [0.2, 0.25) is 0 Å². The molecular formula is C13H25N3O3. The highest BCUT2D eigenvalue weighted by Gasteiger charge is 2.37. The molecular weight excluding hydrogens is 246 g/mol. The number of carbonyl (C=O) groups excluding carboxylic acids is 2. The largest absolute Gasteiger partial charge is 0.361 e. The molecule has 6 heteroatoms. The van der Waals surface area contributed by atoms with Gasteiger partial charge in [-0.15, -0.1) is 0 Å². The molecule has 3 amide bonds. The van der Waals surface area contributed by atoms with Gasteiger partial charge in [0.25, 0.3) is 5.91 Å². The average molecular weight is 271 g/mol. The van der Waals surface area contributed by atoms with Gasteiger partial charge in [-0.05, 0) is 25.7 Å². The van der Waals surface area contributed by atoms with Crippen molar-refractivity contribution in [2.75, 3.05) is 13.6 Å². The van der Waals surface area contributed by atoms with Gasteiger partial charge < -0.3 is 15.8 Å². The molecule has 1 aliphatic carbocycles. The lowest BCUT2D eigenvalue weighted by Gasteiger charge is -2.40. The number of hydrogen-bond acceptors (Lipinski definition) is 4. The van der Waals surface area contributed by atoms with E-state index < -0.39 is 23.6 Å². The second-order valence-electron chi connectivity index (χ2n) is 5.42. The first-order valence-electron chi connectivity index (χ1n) is 6.83. The van der Waals surface area contributed by atoms with Gasteiger partial charge >= 0.3 is 6.03 Å². The molecule has 1 fully saturated rings. The van der Waals surface area contributed by atoms with E-state index in [1.807, 2.05) is 0 Å². The van der Waals surface area contributed by atoms with Crippen molar-refractivity contribution >= 4 is 11.9 Å². The Morgan fingerprint density at radius 3 is 2.74 bits per heavy atom. The van der Waals surface area contributed by atoms with E-state index in [0.717, 1.165) is 19.3 Å². The van der Waals surface area contributed by atoms with Gasteiger partial charge in [-0.3, -0.25) is 10.1 Å². The molecule has 0 saturated heterocycles. The number of nitrogens with two attached hydrogens (primary N) is 1. The molecule has 0 bridgehead atoms. The van der Waals surface area contributed by atoms with Gasteiger partial charge in [-0.1, -0.05) is 19.8 Å². The summed E-state index contributed by atoms with van der Waals surface area (Å²) in [5, 5.41) is 4.55. The Kier molecular flexibility index (Phi) is 5.75. The minimum absolute atomic E-state index is 0.398. The number of imide groups is 1. The summed E-state index contributed by atoms with van der Waals surface area (Å²) in [5.41, 5.74) is 5.41. The molecule has 6 nitrogen and oxygen atoms in total. The standard InChI is InChI=1S/C13H25N3O3/c1-9-5-4-6-13(7-9,8-14)19-10(2)11(17)16-12(18)15-3/h9-10H,4-8,14H2,1-3H3,(H2,15,16,17,18). The lowest BCUT2D eigenvalue weighted by molar-refractivity contribution is -0.150. The van der Waals surface area contributed by atoms with Crippen molar-refractivity contribution in [3.8, 4) is 0 Å². The summed E-state index contributed by atoms with van der Waals surface area (Å²) in [6.45, 7) is 4.21. The first-order valence-corrected chi connectivity index (χ1v) is 6.83. The topological polar surface area (TPSA) is 93.5 Å². The molecule has 0 radical (unpaired) electrons. The van der Waals surface area contributed by atoms with E-state index in [4.69, 9.17) is 10.5 Å². The smallest absolute Gasteiger partial charge is 0.321 e. The molecule has 1 aliphatic rings. The van der Waals surface area contributed by atoms with Crippen LogP contribution in [0.15, 0.2) is 0 Å². The minimum Gasteiger partial charge on any atom is -0.361 e. The maximum atomic E-state index is 11.8. The fraction of sp³-hybridized carbons (Fsp3) is 0.846. The van der Waals surface area contributed by atoms with Crippen LogP contribution in [-0.2, 0) is 9.53 Å². The van der Waals surface area contributed by atoms with Crippen LogP contribution in [0.2, 0.25) is 0 Å². The number of carbonyl (C=O) groups is 2. The first kappa shape index (κ1) is 15.9. The number of rotatable bonds is 4. The summed E-state index contributed by atoms with van der Waals surface area (Å²) in [6.07, 6.45) is 3.27. The third-order valence-corrected chi connectivity index (χ3v) is 3.68. The molecule has 0 heterocycles. The Morgan fingerprint density at radius 2 is 2.21 bits per heavy atom. The van der Waals surface area contributed by atoms with Crippen molar-refractivity contribution in [1.29, 1.82) is 0 Å². The maximum absolute atomic E-state index is 11.8. The molecule has 0 aromatic rings. The normalized spacial score (nSPS) is 28.5. The quantitative estimate of drug-likeness (QED) is 0.703. The molecule has 0 aromatic carbocycles. The summed E-state index contributed by atoms with van der Waals surface area (Å²) in [5.74, 6) is 0.108. The first-order chi connectivity index (χ1) is 8.92.